The summed E-state index contributed by atoms with van der Waals surface area (Å²) >= 11 is 4.27. The predicted octanol–water partition coefficient (Wildman–Crippen LogP) is 1.56. The average molecular weight is 118 g/mol. The summed E-state index contributed by atoms with van der Waals surface area (Å²) in [6, 6.07) is 0. The molecule has 1 heterocycles. The number of hydrogen-bond acceptors (Lipinski definition) is 2. The lowest BCUT2D eigenvalue weighted by atomic mass is 11.0. The third-order valence-electron chi connectivity index (χ3n) is 1.24. The third-order valence-corrected chi connectivity index (χ3v) is 4.40. The van der Waals surface area contributed by atoms with Gasteiger partial charge in [-0.15, -0.1) is 23.5 Å². The summed E-state index contributed by atoms with van der Waals surface area (Å²) in [4.78, 5) is 0. The molecule has 1 saturated carbocycles. The van der Waals surface area contributed by atoms with Crippen LogP contribution in [0.1, 0.15) is 6.42 Å². The lowest BCUT2D eigenvalue weighted by Gasteiger charge is -1.81. The summed E-state index contributed by atoms with van der Waals surface area (Å²) in [5, 5.41) is 3.56. The largest absolute Gasteiger partial charge is 0.146 e. The summed E-state index contributed by atoms with van der Waals surface area (Å²) in [6.07, 6.45) is 1.51. The molecule has 6 heavy (non-hydrogen) atoms. The fourth-order valence-electron chi connectivity index (χ4n) is 0.715. The van der Waals surface area contributed by atoms with Gasteiger partial charge in [0.25, 0.3) is 0 Å². The van der Waals surface area contributed by atoms with E-state index in [0.29, 0.717) is 0 Å². The summed E-state index contributed by atoms with van der Waals surface area (Å²) in [5.41, 5.74) is 0. The van der Waals surface area contributed by atoms with Crippen LogP contribution in [0.2, 0.25) is 0 Å². The van der Waals surface area contributed by atoms with Gasteiger partial charge in [-0.3, -0.25) is 0 Å². The minimum atomic E-state index is 1.09. The van der Waals surface area contributed by atoms with Crippen LogP contribution in [0.5, 0.6) is 0 Å². The monoisotopic (exact) mass is 118 g/mol. The first-order chi connectivity index (χ1) is 2.97. The van der Waals surface area contributed by atoms with E-state index in [2.05, 4.69) is 23.5 Å². The maximum atomic E-state index is 2.13. The van der Waals surface area contributed by atoms with Gasteiger partial charge in [0.05, 0.1) is 0 Å². The first kappa shape index (κ1) is 3.67. The van der Waals surface area contributed by atoms with Crippen LogP contribution in [0.4, 0.5) is 0 Å². The van der Waals surface area contributed by atoms with Gasteiger partial charge in [-0.05, 0) is 6.42 Å². The molecule has 2 aliphatic rings. The van der Waals surface area contributed by atoms with Crippen molar-refractivity contribution in [3.05, 3.63) is 0 Å². The van der Waals surface area contributed by atoms with E-state index in [0.717, 1.165) is 10.5 Å². The normalized spacial score (nSPS) is 52.0. The molecule has 2 unspecified atom stereocenters. The molecule has 0 N–H and O–H groups in total. The zero-order valence-electron chi connectivity index (χ0n) is 3.39. The fourth-order valence-corrected chi connectivity index (χ4v) is 4.14. The fraction of sp³-hybridized carbons (Fsp3) is 1.00. The highest BCUT2D eigenvalue weighted by atomic mass is 32.2. The van der Waals surface area contributed by atoms with E-state index in [-0.39, 0.29) is 0 Å². The number of hydrogen-bond donors (Lipinski definition) is 0. The van der Waals surface area contributed by atoms with Crippen LogP contribution >= 0.6 is 23.5 Å². The van der Waals surface area contributed by atoms with E-state index in [9.17, 15) is 0 Å². The van der Waals surface area contributed by atoms with Crippen LogP contribution in [0.25, 0.3) is 0 Å². The van der Waals surface area contributed by atoms with Gasteiger partial charge in [0.15, 0.2) is 0 Å². The Hall–Kier alpha value is 0.700. The van der Waals surface area contributed by atoms with E-state index < -0.39 is 0 Å². The Kier molecular flexibility index (Phi) is 0.673. The summed E-state index contributed by atoms with van der Waals surface area (Å²) in [5.74, 6) is 0. The zero-order chi connectivity index (χ0) is 3.98. The molecule has 0 radical (unpaired) electrons. The van der Waals surface area contributed by atoms with Gasteiger partial charge in [0.2, 0.25) is 0 Å². The molecule has 0 amide bonds. The Morgan fingerprint density at radius 2 is 1.83 bits per heavy atom. The molecule has 1 aliphatic heterocycles. The molecule has 2 atom stereocenters. The maximum Gasteiger partial charge on any atom is 0.0398 e. The molecule has 0 aromatic rings. The van der Waals surface area contributed by atoms with Crippen LogP contribution in [-0.4, -0.2) is 15.6 Å². The van der Waals surface area contributed by atoms with E-state index in [1.54, 1.807) is 0 Å². The number of thioether (sulfide) groups is 2. The highest BCUT2D eigenvalue weighted by molar-refractivity contribution is 8.20. The lowest BCUT2D eigenvalue weighted by molar-refractivity contribution is 1.50. The highest BCUT2D eigenvalue weighted by Gasteiger charge is 2.42. The molecule has 0 spiro atoms. The maximum absolute atomic E-state index is 2.13. The van der Waals surface area contributed by atoms with Crippen molar-refractivity contribution in [1.29, 1.82) is 0 Å². The van der Waals surface area contributed by atoms with Crippen molar-refractivity contribution in [2.24, 2.45) is 0 Å². The third kappa shape index (κ3) is 0.399. The van der Waals surface area contributed by atoms with Gasteiger partial charge < -0.3 is 0 Å². The SMILES string of the molecule is C1SC2CC2S1. The second-order valence-corrected chi connectivity index (χ2v) is 4.58. The van der Waals surface area contributed by atoms with Crippen molar-refractivity contribution in [3.63, 3.8) is 0 Å². The standard InChI is InChI=1S/C4H6S2/c1-3-4(1)6-2-5-3/h3-4H,1-2H2. The smallest absolute Gasteiger partial charge is 0.0398 e. The second-order valence-electron chi connectivity index (χ2n) is 1.76. The van der Waals surface area contributed by atoms with Crippen LogP contribution in [0.3, 0.4) is 0 Å². The van der Waals surface area contributed by atoms with Gasteiger partial charge in [-0.25, -0.2) is 0 Å². The average Bonchev–Trinajstić information content (AvgIpc) is 2.17. The minimum Gasteiger partial charge on any atom is -0.146 e. The highest BCUT2D eigenvalue weighted by Crippen LogP contribution is 2.52. The number of rotatable bonds is 0. The van der Waals surface area contributed by atoms with Crippen molar-refractivity contribution in [1.82, 2.24) is 0 Å². The lowest BCUT2D eigenvalue weighted by Crippen LogP contribution is -1.64. The Morgan fingerprint density at radius 3 is 2.00 bits per heavy atom. The van der Waals surface area contributed by atoms with Crippen molar-refractivity contribution < 1.29 is 0 Å². The molecule has 2 rings (SSSR count). The Morgan fingerprint density at radius 1 is 1.17 bits per heavy atom. The summed E-state index contributed by atoms with van der Waals surface area (Å²) < 4.78 is 0. The molecule has 0 aromatic carbocycles. The van der Waals surface area contributed by atoms with Crippen molar-refractivity contribution >= 4 is 23.5 Å². The van der Waals surface area contributed by atoms with Gasteiger partial charge >= 0.3 is 0 Å². The zero-order valence-corrected chi connectivity index (χ0v) is 5.02. The molecule has 0 bridgehead atoms. The van der Waals surface area contributed by atoms with Crippen LogP contribution in [0.15, 0.2) is 0 Å². The Labute approximate surface area is 46.1 Å². The predicted molar refractivity (Wildman–Crippen MR) is 32.2 cm³/mol. The van der Waals surface area contributed by atoms with Crippen molar-refractivity contribution in [3.8, 4) is 0 Å². The number of fused-ring (bicyclic) bond motifs is 1. The van der Waals surface area contributed by atoms with Crippen molar-refractivity contribution in [2.45, 2.75) is 16.9 Å². The molecule has 0 nitrogen and oxygen atoms in total. The van der Waals surface area contributed by atoms with E-state index >= 15 is 0 Å². The van der Waals surface area contributed by atoms with Gasteiger partial charge in [-0.1, -0.05) is 0 Å². The van der Waals surface area contributed by atoms with Crippen LogP contribution in [-0.2, 0) is 0 Å². The summed E-state index contributed by atoms with van der Waals surface area (Å²) in [7, 11) is 0. The molecule has 34 valence electrons. The van der Waals surface area contributed by atoms with Crippen molar-refractivity contribution in [2.75, 3.05) is 5.08 Å². The molecule has 0 aromatic heterocycles. The quantitative estimate of drug-likeness (QED) is 0.473. The Bertz CT molecular complexity index is 63.9. The van der Waals surface area contributed by atoms with Crippen LogP contribution < -0.4 is 0 Å². The van der Waals surface area contributed by atoms with E-state index in [1.807, 2.05) is 0 Å². The molecule has 2 fully saturated rings. The first-order valence-electron chi connectivity index (χ1n) is 2.20. The van der Waals surface area contributed by atoms with Gasteiger partial charge in [0.1, 0.15) is 0 Å². The Balaban J connectivity index is 2.09. The minimum absolute atomic E-state index is 1.09. The molecular formula is C4H6S2. The first-order valence-corrected chi connectivity index (χ1v) is 4.30. The topological polar surface area (TPSA) is 0 Å². The van der Waals surface area contributed by atoms with E-state index in [4.69, 9.17) is 0 Å². The molecule has 2 heteroatoms. The van der Waals surface area contributed by atoms with Gasteiger partial charge in [0, 0.05) is 15.6 Å². The summed E-state index contributed by atoms with van der Waals surface area (Å²) in [6.45, 7) is 0. The second kappa shape index (κ2) is 1.10. The molecule has 1 aliphatic carbocycles. The molecule has 1 saturated heterocycles. The van der Waals surface area contributed by atoms with Gasteiger partial charge in [-0.2, -0.15) is 0 Å². The van der Waals surface area contributed by atoms with Crippen LogP contribution in [0, 0.1) is 0 Å². The van der Waals surface area contributed by atoms with E-state index in [1.165, 1.54) is 11.5 Å². The molecular weight excluding hydrogens is 112 g/mol.